The Morgan fingerprint density at radius 3 is 2.32 bits per heavy atom. The maximum absolute atomic E-state index is 12.1. The maximum Gasteiger partial charge on any atom is 0.390 e. The molecular formula is C14H28F3N5. The lowest BCUT2D eigenvalue weighted by molar-refractivity contribution is -0.132. The summed E-state index contributed by atoms with van der Waals surface area (Å²) in [5.74, 6) is 0.420. The van der Waals surface area contributed by atoms with Gasteiger partial charge in [-0.2, -0.15) is 13.2 Å². The van der Waals surface area contributed by atoms with Crippen molar-refractivity contribution in [2.75, 3.05) is 52.9 Å². The van der Waals surface area contributed by atoms with E-state index in [2.05, 4.69) is 39.3 Å². The minimum atomic E-state index is -4.14. The standard InChI is InChI=1S/C14H28F3N5/c1-4-21-7-9-22(10-8-21)12(2)11-20-13(18-3)19-6-5-14(15,16)17/h12H,4-11H2,1-3H3,(H2,18,19,20). The number of hydrogen-bond donors (Lipinski definition) is 2. The van der Waals surface area contributed by atoms with E-state index >= 15 is 0 Å². The van der Waals surface area contributed by atoms with Gasteiger partial charge in [-0.3, -0.25) is 9.89 Å². The van der Waals surface area contributed by atoms with Crippen LogP contribution in [0.2, 0.25) is 0 Å². The summed E-state index contributed by atoms with van der Waals surface area (Å²) in [6, 6.07) is 0.320. The van der Waals surface area contributed by atoms with Gasteiger partial charge in [-0.1, -0.05) is 6.92 Å². The normalized spacial score (nSPS) is 20.0. The molecule has 1 fully saturated rings. The van der Waals surface area contributed by atoms with Crippen molar-refractivity contribution in [2.24, 2.45) is 4.99 Å². The molecule has 0 amide bonds. The average molecular weight is 323 g/mol. The van der Waals surface area contributed by atoms with Gasteiger partial charge in [0.25, 0.3) is 0 Å². The van der Waals surface area contributed by atoms with E-state index in [9.17, 15) is 13.2 Å². The molecule has 1 heterocycles. The van der Waals surface area contributed by atoms with E-state index < -0.39 is 12.6 Å². The Bertz CT molecular complexity index is 338. The van der Waals surface area contributed by atoms with E-state index in [1.165, 1.54) is 0 Å². The van der Waals surface area contributed by atoms with Gasteiger partial charge in [0.05, 0.1) is 6.42 Å². The SMILES string of the molecule is CCN1CCN(C(C)CNC(=NC)NCCC(F)(F)F)CC1. The van der Waals surface area contributed by atoms with Crippen LogP contribution in [0.3, 0.4) is 0 Å². The molecule has 1 rings (SSSR count). The van der Waals surface area contributed by atoms with Crippen LogP contribution in [0, 0.1) is 0 Å². The summed E-state index contributed by atoms with van der Waals surface area (Å²) in [6.45, 7) is 10.1. The minimum Gasteiger partial charge on any atom is -0.356 e. The van der Waals surface area contributed by atoms with Crippen molar-refractivity contribution in [3.8, 4) is 0 Å². The van der Waals surface area contributed by atoms with Crippen LogP contribution >= 0.6 is 0 Å². The largest absolute Gasteiger partial charge is 0.390 e. The van der Waals surface area contributed by atoms with Gasteiger partial charge in [-0.25, -0.2) is 0 Å². The molecule has 5 nitrogen and oxygen atoms in total. The summed E-state index contributed by atoms with van der Waals surface area (Å²) >= 11 is 0. The van der Waals surface area contributed by atoms with Gasteiger partial charge in [0.15, 0.2) is 5.96 Å². The van der Waals surface area contributed by atoms with Crippen molar-refractivity contribution in [1.29, 1.82) is 0 Å². The number of nitrogens with zero attached hydrogens (tertiary/aromatic N) is 3. The molecule has 0 saturated carbocycles. The molecule has 0 radical (unpaired) electrons. The summed E-state index contributed by atoms with van der Waals surface area (Å²) in [7, 11) is 1.56. The molecule has 1 atom stereocenters. The highest BCUT2D eigenvalue weighted by Crippen LogP contribution is 2.18. The molecular weight excluding hydrogens is 295 g/mol. The van der Waals surface area contributed by atoms with Crippen LogP contribution in [0.1, 0.15) is 20.3 Å². The fourth-order valence-corrected chi connectivity index (χ4v) is 2.44. The fourth-order valence-electron chi connectivity index (χ4n) is 2.44. The second-order valence-corrected chi connectivity index (χ2v) is 5.56. The first-order valence-electron chi connectivity index (χ1n) is 7.83. The molecule has 0 aromatic carbocycles. The highest BCUT2D eigenvalue weighted by atomic mass is 19.4. The number of alkyl halides is 3. The van der Waals surface area contributed by atoms with Crippen LogP contribution in [0.15, 0.2) is 4.99 Å². The number of hydrogen-bond acceptors (Lipinski definition) is 3. The van der Waals surface area contributed by atoms with Gasteiger partial charge in [0, 0.05) is 52.4 Å². The maximum atomic E-state index is 12.1. The smallest absolute Gasteiger partial charge is 0.356 e. The van der Waals surface area contributed by atoms with Crippen LogP contribution in [-0.2, 0) is 0 Å². The van der Waals surface area contributed by atoms with Crippen molar-refractivity contribution in [2.45, 2.75) is 32.5 Å². The highest BCUT2D eigenvalue weighted by molar-refractivity contribution is 5.79. The Morgan fingerprint density at radius 2 is 1.82 bits per heavy atom. The topological polar surface area (TPSA) is 42.9 Å². The number of aliphatic imine (C=N–C) groups is 1. The number of likely N-dealkylation sites (N-methyl/N-ethyl adjacent to an activating group) is 1. The first kappa shape index (κ1) is 19.0. The number of nitrogens with one attached hydrogen (secondary N) is 2. The number of halogens is 3. The Hall–Kier alpha value is -1.02. The van der Waals surface area contributed by atoms with Gasteiger partial charge in [-0.15, -0.1) is 0 Å². The summed E-state index contributed by atoms with van der Waals surface area (Å²) in [4.78, 5) is 8.75. The lowest BCUT2D eigenvalue weighted by atomic mass is 10.2. The van der Waals surface area contributed by atoms with Crippen molar-refractivity contribution >= 4 is 5.96 Å². The van der Waals surface area contributed by atoms with Crippen LogP contribution in [0.5, 0.6) is 0 Å². The summed E-state index contributed by atoms with van der Waals surface area (Å²) in [6.07, 6.45) is -5.00. The molecule has 1 aliphatic rings. The third-order valence-corrected chi connectivity index (χ3v) is 3.97. The van der Waals surface area contributed by atoms with Gasteiger partial charge in [0.2, 0.25) is 0 Å². The first-order chi connectivity index (χ1) is 10.4. The average Bonchev–Trinajstić information content (AvgIpc) is 2.49. The Labute approximate surface area is 130 Å². The second kappa shape index (κ2) is 9.19. The highest BCUT2D eigenvalue weighted by Gasteiger charge is 2.26. The molecule has 0 spiro atoms. The predicted octanol–water partition coefficient (Wildman–Crippen LogP) is 1.13. The molecule has 22 heavy (non-hydrogen) atoms. The molecule has 0 bridgehead atoms. The third kappa shape index (κ3) is 7.31. The van der Waals surface area contributed by atoms with E-state index in [1.807, 2.05) is 0 Å². The lowest BCUT2D eigenvalue weighted by Gasteiger charge is -2.37. The predicted molar refractivity (Wildman–Crippen MR) is 83.2 cm³/mol. The zero-order chi connectivity index (χ0) is 16.6. The van der Waals surface area contributed by atoms with Gasteiger partial charge in [-0.05, 0) is 13.5 Å². The number of guanidine groups is 1. The van der Waals surface area contributed by atoms with Gasteiger partial charge >= 0.3 is 6.18 Å². The van der Waals surface area contributed by atoms with E-state index in [0.717, 1.165) is 32.7 Å². The van der Waals surface area contributed by atoms with Crippen LogP contribution in [0.25, 0.3) is 0 Å². The Morgan fingerprint density at radius 1 is 1.18 bits per heavy atom. The third-order valence-electron chi connectivity index (χ3n) is 3.97. The van der Waals surface area contributed by atoms with E-state index in [0.29, 0.717) is 18.5 Å². The summed E-state index contributed by atoms with van der Waals surface area (Å²) in [5.41, 5.74) is 0. The zero-order valence-electron chi connectivity index (χ0n) is 13.7. The molecule has 130 valence electrons. The zero-order valence-corrected chi connectivity index (χ0v) is 13.7. The number of piperazine rings is 1. The molecule has 1 aliphatic heterocycles. The fraction of sp³-hybridized carbons (Fsp3) is 0.929. The molecule has 2 N–H and O–H groups in total. The van der Waals surface area contributed by atoms with Gasteiger partial charge in [0.1, 0.15) is 0 Å². The summed E-state index contributed by atoms with van der Waals surface area (Å²) < 4.78 is 36.4. The van der Waals surface area contributed by atoms with Gasteiger partial charge < -0.3 is 15.5 Å². The van der Waals surface area contributed by atoms with E-state index in [-0.39, 0.29) is 6.54 Å². The molecule has 1 saturated heterocycles. The quantitative estimate of drug-likeness (QED) is 0.568. The molecule has 0 aromatic heterocycles. The Kier molecular flexibility index (Phi) is 7.95. The lowest BCUT2D eigenvalue weighted by Crippen LogP contribution is -2.53. The molecule has 0 aromatic rings. The van der Waals surface area contributed by atoms with Crippen LogP contribution in [-0.4, -0.2) is 80.8 Å². The molecule has 0 aliphatic carbocycles. The number of rotatable bonds is 6. The van der Waals surface area contributed by atoms with Crippen LogP contribution in [0.4, 0.5) is 13.2 Å². The van der Waals surface area contributed by atoms with Crippen molar-refractivity contribution in [3.63, 3.8) is 0 Å². The molecule has 1 unspecified atom stereocenters. The van der Waals surface area contributed by atoms with Crippen LogP contribution < -0.4 is 10.6 Å². The second-order valence-electron chi connectivity index (χ2n) is 5.56. The first-order valence-corrected chi connectivity index (χ1v) is 7.83. The van der Waals surface area contributed by atoms with E-state index in [4.69, 9.17) is 0 Å². The minimum absolute atomic E-state index is 0.160. The van der Waals surface area contributed by atoms with E-state index in [1.54, 1.807) is 7.05 Å². The van der Waals surface area contributed by atoms with Crippen molar-refractivity contribution in [1.82, 2.24) is 20.4 Å². The monoisotopic (exact) mass is 323 g/mol. The van der Waals surface area contributed by atoms with Crippen molar-refractivity contribution < 1.29 is 13.2 Å². The van der Waals surface area contributed by atoms with Crippen molar-refractivity contribution in [3.05, 3.63) is 0 Å². The molecule has 8 heteroatoms. The summed E-state index contributed by atoms with van der Waals surface area (Å²) in [5, 5.41) is 5.79. The Balaban J connectivity index is 2.25.